The molecule has 0 aromatic heterocycles. The van der Waals surface area contributed by atoms with E-state index in [1.165, 1.54) is 0 Å². The summed E-state index contributed by atoms with van der Waals surface area (Å²) in [5.74, 6) is -0.571. The van der Waals surface area contributed by atoms with E-state index in [9.17, 15) is 4.79 Å². The molecule has 0 amide bonds. The molecule has 7 nitrogen and oxygen atoms in total. The van der Waals surface area contributed by atoms with Crippen LogP contribution in [-0.2, 0) is 23.1 Å². The summed E-state index contributed by atoms with van der Waals surface area (Å²) in [7, 11) is -3.02. The highest BCUT2D eigenvalue weighted by Crippen LogP contribution is 2.56. The van der Waals surface area contributed by atoms with E-state index in [-0.39, 0.29) is 24.9 Å². The monoisotopic (exact) mass is 322 g/mol. The highest BCUT2D eigenvalue weighted by molar-refractivity contribution is 7.51. The van der Waals surface area contributed by atoms with Crippen LogP contribution in [0.15, 0.2) is 9.96 Å². The van der Waals surface area contributed by atoms with E-state index in [1.807, 2.05) is 41.5 Å². The average molecular weight is 322 g/mol. The molecule has 0 saturated heterocycles. The summed E-state index contributed by atoms with van der Waals surface area (Å²) in [6, 6.07) is 0. The Bertz CT molecular complexity index is 361. The lowest BCUT2D eigenvalue weighted by molar-refractivity contribution is -0.134. The number of esters is 1. The van der Waals surface area contributed by atoms with E-state index in [0.29, 0.717) is 0 Å². The van der Waals surface area contributed by atoms with Gasteiger partial charge in [-0.3, -0.25) is 13.6 Å². The van der Waals surface area contributed by atoms with Crippen LogP contribution >= 0.6 is 7.74 Å². The summed E-state index contributed by atoms with van der Waals surface area (Å²) in [4.78, 5) is 15.3. The lowest BCUT2D eigenvalue weighted by Crippen LogP contribution is -2.13. The standard InChI is InChI=1S/C13H27N2O5P/c1-8-17-13(16)9-14-15-21(18-10(2)3,19-11(4)5)20-12(6)7/h9-12H,8H2,1-7H3/b14-9+. The molecule has 0 fully saturated rings. The van der Waals surface area contributed by atoms with Gasteiger partial charge in [0.25, 0.3) is 0 Å². The van der Waals surface area contributed by atoms with E-state index in [1.54, 1.807) is 6.92 Å². The maximum atomic E-state index is 11.3. The van der Waals surface area contributed by atoms with Gasteiger partial charge in [0.15, 0.2) is 0 Å². The minimum absolute atomic E-state index is 0.155. The normalized spacial score (nSPS) is 12.7. The van der Waals surface area contributed by atoms with Gasteiger partial charge in [-0.2, -0.15) is 0 Å². The zero-order valence-corrected chi connectivity index (χ0v) is 14.8. The summed E-state index contributed by atoms with van der Waals surface area (Å²) < 4.78 is 21.9. The second kappa shape index (κ2) is 10.1. The lowest BCUT2D eigenvalue weighted by atomic mass is 10.5. The third kappa shape index (κ3) is 9.74. The Balaban J connectivity index is 5.34. The lowest BCUT2D eigenvalue weighted by Gasteiger charge is -2.27. The molecule has 0 unspecified atom stereocenters. The molecule has 0 N–H and O–H groups in total. The number of nitrogens with zero attached hydrogens (tertiary/aromatic N) is 2. The molecule has 0 aliphatic heterocycles. The van der Waals surface area contributed by atoms with Crippen molar-refractivity contribution in [1.82, 2.24) is 0 Å². The van der Waals surface area contributed by atoms with Crippen molar-refractivity contribution >= 4 is 19.9 Å². The van der Waals surface area contributed by atoms with Gasteiger partial charge in [-0.15, -0.1) is 5.10 Å². The molecule has 0 saturated carbocycles. The highest BCUT2D eigenvalue weighted by atomic mass is 31.2. The van der Waals surface area contributed by atoms with Crippen molar-refractivity contribution < 1.29 is 23.1 Å². The minimum atomic E-state index is -3.02. The molecule has 0 rings (SSSR count). The number of carbonyl (C=O) groups is 1. The zero-order chi connectivity index (χ0) is 16.5. The van der Waals surface area contributed by atoms with Gasteiger partial charge < -0.3 is 4.74 Å². The molecule has 124 valence electrons. The van der Waals surface area contributed by atoms with Crippen molar-refractivity contribution in [1.29, 1.82) is 0 Å². The van der Waals surface area contributed by atoms with Crippen LogP contribution < -0.4 is 0 Å². The minimum Gasteiger partial charge on any atom is -0.462 e. The smallest absolute Gasteiger partial charge is 0.379 e. The molecule has 0 aliphatic rings. The molecule has 0 aliphatic carbocycles. The van der Waals surface area contributed by atoms with Crippen molar-refractivity contribution in [3.63, 3.8) is 0 Å². The predicted molar refractivity (Wildman–Crippen MR) is 83.1 cm³/mol. The van der Waals surface area contributed by atoms with E-state index in [4.69, 9.17) is 18.3 Å². The van der Waals surface area contributed by atoms with Gasteiger partial charge in [0.05, 0.1) is 24.9 Å². The van der Waals surface area contributed by atoms with Crippen molar-refractivity contribution in [3.8, 4) is 0 Å². The quantitative estimate of drug-likeness (QED) is 0.279. The fourth-order valence-electron chi connectivity index (χ4n) is 1.25. The van der Waals surface area contributed by atoms with Crippen LogP contribution in [0.4, 0.5) is 0 Å². The molecule has 0 atom stereocenters. The van der Waals surface area contributed by atoms with Gasteiger partial charge in [0.2, 0.25) is 0 Å². The van der Waals surface area contributed by atoms with Crippen molar-refractivity contribution in [2.45, 2.75) is 66.8 Å². The number of hydrogen-bond donors (Lipinski definition) is 0. The molecular weight excluding hydrogens is 295 g/mol. The van der Waals surface area contributed by atoms with Crippen LogP contribution in [0, 0.1) is 0 Å². The molecule has 21 heavy (non-hydrogen) atoms. The summed E-state index contributed by atoms with van der Waals surface area (Å²) in [6.45, 7) is 13.1. The van der Waals surface area contributed by atoms with Gasteiger partial charge in [0.1, 0.15) is 6.21 Å². The van der Waals surface area contributed by atoms with Crippen LogP contribution in [0.3, 0.4) is 0 Å². The third-order valence-corrected chi connectivity index (χ3v) is 4.03. The third-order valence-electron chi connectivity index (χ3n) is 1.64. The fourth-order valence-corrected chi connectivity index (χ4v) is 3.30. The number of ether oxygens (including phenoxy) is 1. The van der Waals surface area contributed by atoms with E-state index in [0.717, 1.165) is 6.21 Å². The average Bonchev–Trinajstić information content (AvgIpc) is 2.25. The van der Waals surface area contributed by atoms with Crippen LogP contribution in [-0.4, -0.2) is 37.1 Å². The Hall–Kier alpha value is -0.750. The molecule has 0 spiro atoms. The maximum absolute atomic E-state index is 11.3. The summed E-state index contributed by atoms with van der Waals surface area (Å²) in [6.07, 6.45) is 0.516. The Morgan fingerprint density at radius 2 is 1.43 bits per heavy atom. The zero-order valence-electron chi connectivity index (χ0n) is 13.9. The maximum Gasteiger partial charge on any atom is 0.379 e. The molecule has 0 aromatic carbocycles. The van der Waals surface area contributed by atoms with Gasteiger partial charge in [-0.25, -0.2) is 4.79 Å². The van der Waals surface area contributed by atoms with Gasteiger partial charge in [-0.1, -0.05) is 4.85 Å². The number of carbonyl (C=O) groups excluding carboxylic acids is 1. The van der Waals surface area contributed by atoms with Crippen molar-refractivity contribution in [2.75, 3.05) is 6.61 Å². The Morgan fingerprint density at radius 1 is 1.00 bits per heavy atom. The predicted octanol–water partition coefficient (Wildman–Crippen LogP) is 3.76. The van der Waals surface area contributed by atoms with E-state index in [2.05, 4.69) is 9.96 Å². The summed E-state index contributed by atoms with van der Waals surface area (Å²) >= 11 is 0. The van der Waals surface area contributed by atoms with E-state index < -0.39 is 13.7 Å². The molecule has 0 bridgehead atoms. The molecule has 0 aromatic rings. The van der Waals surface area contributed by atoms with Crippen molar-refractivity contribution in [3.05, 3.63) is 0 Å². The summed E-state index contributed by atoms with van der Waals surface area (Å²) in [5.41, 5.74) is 0. The SMILES string of the molecule is CCOC(=O)/C=N/N=P(OC(C)C)(OC(C)C)OC(C)C. The highest BCUT2D eigenvalue weighted by Gasteiger charge is 2.29. The fraction of sp³-hybridized carbons (Fsp3) is 0.846. The second-order valence-electron chi connectivity index (χ2n) is 5.02. The molecular formula is C13H27N2O5P. The van der Waals surface area contributed by atoms with Gasteiger partial charge in [-0.05, 0) is 48.5 Å². The number of hydrogen-bond acceptors (Lipinski definition) is 6. The van der Waals surface area contributed by atoms with Gasteiger partial charge >= 0.3 is 13.7 Å². The van der Waals surface area contributed by atoms with Crippen LogP contribution in [0.5, 0.6) is 0 Å². The van der Waals surface area contributed by atoms with Gasteiger partial charge in [0, 0.05) is 0 Å². The Morgan fingerprint density at radius 3 is 1.76 bits per heavy atom. The first-order chi connectivity index (χ1) is 9.70. The Kier molecular flexibility index (Phi) is 9.70. The first-order valence-corrected chi connectivity index (χ1v) is 8.57. The van der Waals surface area contributed by atoms with Crippen molar-refractivity contribution in [2.24, 2.45) is 9.96 Å². The molecule has 0 heterocycles. The van der Waals surface area contributed by atoms with Crippen LogP contribution in [0.25, 0.3) is 0 Å². The first-order valence-electron chi connectivity index (χ1n) is 7.07. The second-order valence-corrected chi connectivity index (χ2v) is 6.77. The Labute approximate surface area is 127 Å². The largest absolute Gasteiger partial charge is 0.462 e. The molecule has 0 radical (unpaired) electrons. The summed E-state index contributed by atoms with van der Waals surface area (Å²) in [5, 5.41) is 3.72. The van der Waals surface area contributed by atoms with Crippen LogP contribution in [0.2, 0.25) is 0 Å². The van der Waals surface area contributed by atoms with E-state index >= 15 is 0 Å². The number of rotatable bonds is 9. The topological polar surface area (TPSA) is 78.7 Å². The molecule has 8 heteroatoms. The van der Waals surface area contributed by atoms with Crippen LogP contribution in [0.1, 0.15) is 48.5 Å². The first kappa shape index (κ1) is 20.2.